The third-order valence-electron chi connectivity index (χ3n) is 1.98. The summed E-state index contributed by atoms with van der Waals surface area (Å²) < 4.78 is 69.3. The number of rotatable bonds is 4. The highest BCUT2D eigenvalue weighted by molar-refractivity contribution is 5.92. The van der Waals surface area contributed by atoms with Crippen molar-refractivity contribution in [2.75, 3.05) is 6.61 Å². The number of benzene rings is 1. The van der Waals surface area contributed by atoms with Crippen LogP contribution in [0.2, 0.25) is 0 Å². The molecule has 0 aliphatic rings. The van der Waals surface area contributed by atoms with E-state index in [0.29, 0.717) is 6.07 Å². The fraction of sp³-hybridized carbons (Fsp3) is 0.364. The number of hydrogen-bond acceptors (Lipinski definition) is 3. The normalized spacial score (nSPS) is 11.5. The lowest BCUT2D eigenvalue weighted by atomic mass is 10.1. The largest absolute Gasteiger partial charge is 0.573 e. The Labute approximate surface area is 104 Å². The molecule has 0 amide bonds. The van der Waals surface area contributed by atoms with Crippen molar-refractivity contribution in [1.82, 2.24) is 0 Å². The van der Waals surface area contributed by atoms with Gasteiger partial charge in [-0.25, -0.2) is 13.6 Å². The van der Waals surface area contributed by atoms with Crippen LogP contribution in [0.4, 0.5) is 22.0 Å². The lowest BCUT2D eigenvalue weighted by Crippen LogP contribution is -2.19. The summed E-state index contributed by atoms with van der Waals surface area (Å²) >= 11 is 0. The molecule has 1 aromatic rings. The molecule has 1 rings (SSSR count). The Hall–Kier alpha value is -1.86. The van der Waals surface area contributed by atoms with Gasteiger partial charge in [-0.3, -0.25) is 0 Å². The molecule has 0 spiro atoms. The van der Waals surface area contributed by atoms with Crippen LogP contribution in [-0.2, 0) is 4.74 Å². The third-order valence-corrected chi connectivity index (χ3v) is 1.98. The van der Waals surface area contributed by atoms with Crippen molar-refractivity contribution in [3.05, 3.63) is 29.3 Å². The molecule has 0 radical (unpaired) electrons. The minimum atomic E-state index is -5.10. The van der Waals surface area contributed by atoms with Gasteiger partial charge in [0.15, 0.2) is 0 Å². The van der Waals surface area contributed by atoms with E-state index >= 15 is 0 Å². The van der Waals surface area contributed by atoms with Crippen molar-refractivity contribution in [2.45, 2.75) is 19.7 Å². The van der Waals surface area contributed by atoms with Gasteiger partial charge in [-0.15, -0.1) is 13.2 Å². The molecule has 0 bridgehead atoms. The maximum absolute atomic E-state index is 12.4. The maximum Gasteiger partial charge on any atom is 0.573 e. The van der Waals surface area contributed by atoms with Gasteiger partial charge in [-0.2, -0.15) is 0 Å². The van der Waals surface area contributed by atoms with Crippen molar-refractivity contribution in [2.24, 2.45) is 0 Å². The molecule has 0 fully saturated rings. The van der Waals surface area contributed by atoms with E-state index in [1.165, 1.54) is 6.92 Å². The highest BCUT2D eigenvalue weighted by Gasteiger charge is 2.33. The zero-order valence-corrected chi connectivity index (χ0v) is 9.63. The fourth-order valence-electron chi connectivity index (χ4n) is 1.26. The van der Waals surface area contributed by atoms with Gasteiger partial charge in [-0.05, 0) is 19.1 Å². The van der Waals surface area contributed by atoms with Gasteiger partial charge in [-0.1, -0.05) is 6.07 Å². The summed E-state index contributed by atoms with van der Waals surface area (Å²) in [5.41, 5.74) is -1.25. The Morgan fingerprint density at radius 3 is 2.42 bits per heavy atom. The zero-order chi connectivity index (χ0) is 14.6. The average Bonchev–Trinajstić information content (AvgIpc) is 2.26. The number of hydrogen-bond donors (Lipinski definition) is 0. The van der Waals surface area contributed by atoms with Crippen LogP contribution in [-0.4, -0.2) is 18.9 Å². The molecule has 8 heteroatoms. The summed E-state index contributed by atoms with van der Waals surface area (Å²) in [4.78, 5) is 11.4. The van der Waals surface area contributed by atoms with E-state index in [1.54, 1.807) is 0 Å². The second-order valence-electron chi connectivity index (χ2n) is 3.32. The van der Waals surface area contributed by atoms with E-state index in [1.807, 2.05) is 0 Å². The predicted octanol–water partition coefficient (Wildman–Crippen LogP) is 3.70. The summed E-state index contributed by atoms with van der Waals surface area (Å²) in [6, 6.07) is 2.10. The first-order valence-electron chi connectivity index (χ1n) is 5.09. The maximum atomic E-state index is 12.4. The van der Waals surface area contributed by atoms with E-state index in [2.05, 4.69) is 9.47 Å². The van der Waals surface area contributed by atoms with E-state index in [9.17, 15) is 26.7 Å². The average molecular weight is 284 g/mol. The van der Waals surface area contributed by atoms with Crippen LogP contribution in [0.5, 0.6) is 5.75 Å². The van der Waals surface area contributed by atoms with Crippen LogP contribution >= 0.6 is 0 Å². The molecule has 0 atom stereocenters. The number of halogens is 5. The van der Waals surface area contributed by atoms with Gasteiger partial charge in [0.25, 0.3) is 6.43 Å². The van der Waals surface area contributed by atoms with Crippen molar-refractivity contribution in [3.63, 3.8) is 0 Å². The van der Waals surface area contributed by atoms with Crippen LogP contribution in [0.1, 0.15) is 29.3 Å². The number of ether oxygens (including phenoxy) is 2. The molecule has 0 heterocycles. The van der Waals surface area contributed by atoms with Crippen molar-refractivity contribution >= 4 is 5.97 Å². The van der Waals surface area contributed by atoms with E-state index < -0.39 is 35.6 Å². The number of carbonyl (C=O) groups is 1. The second-order valence-corrected chi connectivity index (χ2v) is 3.32. The van der Waals surface area contributed by atoms with Crippen LogP contribution in [0.15, 0.2) is 18.2 Å². The molecule has 1 aromatic carbocycles. The Kier molecular flexibility index (Phi) is 4.68. The molecule has 0 aromatic heterocycles. The van der Waals surface area contributed by atoms with E-state index in [-0.39, 0.29) is 6.61 Å². The fourth-order valence-corrected chi connectivity index (χ4v) is 1.26. The standard InChI is InChI=1S/C11H9F5O3/c1-2-18-10(17)7-4-3-6(9(12)13)5-8(7)19-11(14,15)16/h3-5,9H,2H2,1H3. The first-order chi connectivity index (χ1) is 8.74. The van der Waals surface area contributed by atoms with Crippen LogP contribution in [0.25, 0.3) is 0 Å². The van der Waals surface area contributed by atoms with E-state index in [0.717, 1.165) is 12.1 Å². The Bertz CT molecular complexity index is 456. The Morgan fingerprint density at radius 1 is 1.32 bits per heavy atom. The lowest BCUT2D eigenvalue weighted by Gasteiger charge is -2.13. The minimum absolute atomic E-state index is 0.0686. The van der Waals surface area contributed by atoms with Gasteiger partial charge in [0.05, 0.1) is 6.61 Å². The van der Waals surface area contributed by atoms with Gasteiger partial charge in [0.2, 0.25) is 0 Å². The second kappa shape index (κ2) is 5.85. The molecule has 106 valence electrons. The third kappa shape index (κ3) is 4.38. The molecular weight excluding hydrogens is 275 g/mol. The van der Waals surface area contributed by atoms with Crippen molar-refractivity contribution < 1.29 is 36.2 Å². The zero-order valence-electron chi connectivity index (χ0n) is 9.63. The van der Waals surface area contributed by atoms with Gasteiger partial charge >= 0.3 is 12.3 Å². The molecule has 0 saturated heterocycles. The monoisotopic (exact) mass is 284 g/mol. The molecule has 3 nitrogen and oxygen atoms in total. The lowest BCUT2D eigenvalue weighted by molar-refractivity contribution is -0.274. The van der Waals surface area contributed by atoms with Crippen LogP contribution in [0, 0.1) is 0 Å². The van der Waals surface area contributed by atoms with Gasteiger partial charge in [0.1, 0.15) is 11.3 Å². The first-order valence-corrected chi connectivity index (χ1v) is 5.09. The Balaban J connectivity index is 3.18. The predicted molar refractivity (Wildman–Crippen MR) is 54.0 cm³/mol. The minimum Gasteiger partial charge on any atom is -0.462 e. The molecule has 0 unspecified atom stereocenters. The molecular formula is C11H9F5O3. The quantitative estimate of drug-likeness (QED) is 0.624. The topological polar surface area (TPSA) is 35.5 Å². The number of esters is 1. The summed E-state index contributed by atoms with van der Waals surface area (Å²) in [5.74, 6) is -2.09. The summed E-state index contributed by atoms with van der Waals surface area (Å²) in [7, 11) is 0. The summed E-state index contributed by atoms with van der Waals surface area (Å²) in [6.07, 6.45) is -8.08. The van der Waals surface area contributed by atoms with Crippen LogP contribution in [0.3, 0.4) is 0 Å². The molecule has 0 aliphatic carbocycles. The Morgan fingerprint density at radius 2 is 1.95 bits per heavy atom. The highest BCUT2D eigenvalue weighted by atomic mass is 19.4. The SMILES string of the molecule is CCOC(=O)c1ccc(C(F)F)cc1OC(F)(F)F. The number of alkyl halides is 5. The van der Waals surface area contributed by atoms with Crippen molar-refractivity contribution in [1.29, 1.82) is 0 Å². The smallest absolute Gasteiger partial charge is 0.462 e. The highest BCUT2D eigenvalue weighted by Crippen LogP contribution is 2.31. The molecule has 0 saturated carbocycles. The van der Waals surface area contributed by atoms with Gasteiger partial charge < -0.3 is 9.47 Å². The molecule has 0 aliphatic heterocycles. The summed E-state index contributed by atoms with van der Waals surface area (Å²) in [6.45, 7) is 1.39. The molecule has 19 heavy (non-hydrogen) atoms. The summed E-state index contributed by atoms with van der Waals surface area (Å²) in [5, 5.41) is 0. The molecule has 0 N–H and O–H groups in total. The first kappa shape index (κ1) is 15.2. The number of carbonyl (C=O) groups excluding carboxylic acids is 1. The van der Waals surface area contributed by atoms with Crippen LogP contribution < -0.4 is 4.74 Å². The van der Waals surface area contributed by atoms with Gasteiger partial charge in [0, 0.05) is 5.56 Å². The van der Waals surface area contributed by atoms with Crippen molar-refractivity contribution in [3.8, 4) is 5.75 Å². The van der Waals surface area contributed by atoms with E-state index in [4.69, 9.17) is 0 Å².